The molecule has 1 amide bonds. The van der Waals surface area contributed by atoms with Crippen molar-refractivity contribution in [1.82, 2.24) is 5.01 Å². The Kier molecular flexibility index (Phi) is 4.67. The normalized spacial score (nSPS) is 17.6. The molecule has 150 valence electrons. The van der Waals surface area contributed by atoms with E-state index < -0.39 is 6.04 Å². The van der Waals surface area contributed by atoms with Gasteiger partial charge in [-0.05, 0) is 29.8 Å². The number of hydrogen-bond acceptors (Lipinski definition) is 4. The lowest BCUT2D eigenvalue weighted by atomic mass is 9.97. The molecular formula is C24H19FN2O3. The zero-order valence-corrected chi connectivity index (χ0v) is 16.1. The van der Waals surface area contributed by atoms with E-state index in [2.05, 4.69) is 5.10 Å². The highest BCUT2D eigenvalue weighted by Crippen LogP contribution is 2.37. The molecule has 1 atom stereocenters. The Morgan fingerprint density at radius 2 is 1.67 bits per heavy atom. The number of amides is 1. The lowest BCUT2D eigenvalue weighted by molar-refractivity contribution is 0.0707. The summed E-state index contributed by atoms with van der Waals surface area (Å²) in [6.07, 6.45) is 0.432. The van der Waals surface area contributed by atoms with Gasteiger partial charge in [0.1, 0.15) is 19.0 Å². The van der Waals surface area contributed by atoms with Gasteiger partial charge in [-0.2, -0.15) is 5.10 Å². The molecule has 0 radical (unpaired) electrons. The third kappa shape index (κ3) is 3.30. The fraction of sp³-hybridized carbons (Fsp3) is 0.167. The summed E-state index contributed by atoms with van der Waals surface area (Å²) in [6, 6.07) is 20.7. The van der Waals surface area contributed by atoms with Crippen molar-refractivity contribution in [2.75, 3.05) is 13.2 Å². The van der Waals surface area contributed by atoms with E-state index in [1.807, 2.05) is 30.3 Å². The predicted octanol–water partition coefficient (Wildman–Crippen LogP) is 4.59. The maximum atomic E-state index is 14.6. The van der Waals surface area contributed by atoms with E-state index in [-0.39, 0.29) is 11.7 Å². The number of nitrogens with zero attached hydrogens (tertiary/aromatic N) is 2. The molecule has 5 rings (SSSR count). The second-order valence-corrected chi connectivity index (χ2v) is 7.16. The summed E-state index contributed by atoms with van der Waals surface area (Å²) in [5.74, 6) is 0.470. The van der Waals surface area contributed by atoms with Crippen molar-refractivity contribution < 1.29 is 18.7 Å². The van der Waals surface area contributed by atoms with E-state index in [1.54, 1.807) is 36.4 Å². The number of hydrazone groups is 1. The average Bonchev–Trinajstić information content (AvgIpc) is 3.24. The van der Waals surface area contributed by atoms with Crippen LogP contribution < -0.4 is 9.47 Å². The van der Waals surface area contributed by atoms with E-state index in [0.717, 1.165) is 11.3 Å². The molecule has 0 N–H and O–H groups in total. The summed E-state index contributed by atoms with van der Waals surface area (Å²) < 4.78 is 25.8. The molecule has 0 fully saturated rings. The van der Waals surface area contributed by atoms with Gasteiger partial charge in [-0.1, -0.05) is 48.5 Å². The minimum Gasteiger partial charge on any atom is -0.486 e. The Balaban J connectivity index is 1.54. The topological polar surface area (TPSA) is 51.1 Å². The molecule has 0 bridgehead atoms. The van der Waals surface area contributed by atoms with Gasteiger partial charge in [-0.3, -0.25) is 4.79 Å². The van der Waals surface area contributed by atoms with Crippen molar-refractivity contribution in [1.29, 1.82) is 0 Å². The Morgan fingerprint density at radius 1 is 0.933 bits per heavy atom. The molecule has 5 nitrogen and oxygen atoms in total. The van der Waals surface area contributed by atoms with Gasteiger partial charge in [0.25, 0.3) is 5.91 Å². The smallest absolute Gasteiger partial charge is 0.274 e. The number of benzene rings is 3. The van der Waals surface area contributed by atoms with Crippen molar-refractivity contribution in [3.05, 3.63) is 95.3 Å². The quantitative estimate of drug-likeness (QED) is 0.644. The van der Waals surface area contributed by atoms with E-state index >= 15 is 0 Å². The van der Waals surface area contributed by atoms with Crippen LogP contribution in [0.3, 0.4) is 0 Å². The third-order valence-corrected chi connectivity index (χ3v) is 5.28. The van der Waals surface area contributed by atoms with Crippen molar-refractivity contribution in [2.45, 2.75) is 12.5 Å². The van der Waals surface area contributed by atoms with Crippen LogP contribution in [0.5, 0.6) is 11.5 Å². The summed E-state index contributed by atoms with van der Waals surface area (Å²) in [5, 5.41) is 5.99. The number of carbonyl (C=O) groups is 1. The Morgan fingerprint density at radius 3 is 2.47 bits per heavy atom. The molecular weight excluding hydrogens is 383 g/mol. The molecule has 0 saturated heterocycles. The molecule has 3 aromatic carbocycles. The monoisotopic (exact) mass is 402 g/mol. The summed E-state index contributed by atoms with van der Waals surface area (Å²) >= 11 is 0. The van der Waals surface area contributed by atoms with Crippen molar-refractivity contribution in [3.63, 3.8) is 0 Å². The highest BCUT2D eigenvalue weighted by Gasteiger charge is 2.35. The van der Waals surface area contributed by atoms with E-state index in [4.69, 9.17) is 9.47 Å². The fourth-order valence-corrected chi connectivity index (χ4v) is 3.80. The zero-order chi connectivity index (χ0) is 20.5. The van der Waals surface area contributed by atoms with Gasteiger partial charge >= 0.3 is 0 Å². The second-order valence-electron chi connectivity index (χ2n) is 7.16. The van der Waals surface area contributed by atoms with Crippen LogP contribution in [0.25, 0.3) is 0 Å². The van der Waals surface area contributed by atoms with Gasteiger partial charge in [0.15, 0.2) is 11.5 Å². The zero-order valence-electron chi connectivity index (χ0n) is 16.1. The first-order valence-electron chi connectivity index (χ1n) is 9.81. The number of ether oxygens (including phenoxy) is 2. The minimum absolute atomic E-state index is 0.314. The van der Waals surface area contributed by atoms with E-state index in [1.165, 1.54) is 11.1 Å². The maximum absolute atomic E-state index is 14.6. The van der Waals surface area contributed by atoms with Crippen LogP contribution in [0.2, 0.25) is 0 Å². The molecule has 0 saturated carbocycles. The van der Waals surface area contributed by atoms with Crippen LogP contribution in [-0.4, -0.2) is 29.8 Å². The third-order valence-electron chi connectivity index (χ3n) is 5.28. The summed E-state index contributed by atoms with van der Waals surface area (Å²) in [6.45, 7) is 0.912. The number of rotatable bonds is 3. The molecule has 30 heavy (non-hydrogen) atoms. The highest BCUT2D eigenvalue weighted by molar-refractivity contribution is 6.05. The van der Waals surface area contributed by atoms with Gasteiger partial charge in [0, 0.05) is 17.5 Å². The van der Waals surface area contributed by atoms with Crippen LogP contribution >= 0.6 is 0 Å². The average molecular weight is 402 g/mol. The predicted molar refractivity (Wildman–Crippen MR) is 110 cm³/mol. The molecule has 2 aliphatic heterocycles. The fourth-order valence-electron chi connectivity index (χ4n) is 3.80. The van der Waals surface area contributed by atoms with Gasteiger partial charge < -0.3 is 9.47 Å². The van der Waals surface area contributed by atoms with Crippen LogP contribution in [-0.2, 0) is 0 Å². The number of halogens is 1. The molecule has 3 aromatic rings. The minimum atomic E-state index is -0.526. The molecule has 2 heterocycles. The van der Waals surface area contributed by atoms with Crippen molar-refractivity contribution in [3.8, 4) is 11.5 Å². The summed E-state index contributed by atoms with van der Waals surface area (Å²) in [4.78, 5) is 13.4. The first-order valence-corrected chi connectivity index (χ1v) is 9.81. The van der Waals surface area contributed by atoms with Gasteiger partial charge in [0.05, 0.1) is 11.8 Å². The van der Waals surface area contributed by atoms with Crippen molar-refractivity contribution >= 4 is 11.6 Å². The van der Waals surface area contributed by atoms with Crippen molar-refractivity contribution in [2.24, 2.45) is 5.10 Å². The lowest BCUT2D eigenvalue weighted by Gasteiger charge is -2.23. The molecule has 6 heteroatoms. The van der Waals surface area contributed by atoms with Gasteiger partial charge in [0.2, 0.25) is 0 Å². The number of carbonyl (C=O) groups excluding carboxylic acids is 1. The van der Waals surface area contributed by atoms with Crippen LogP contribution in [0, 0.1) is 5.82 Å². The molecule has 1 unspecified atom stereocenters. The molecule has 0 spiro atoms. The van der Waals surface area contributed by atoms with Crippen LogP contribution in [0.4, 0.5) is 4.39 Å². The summed E-state index contributed by atoms with van der Waals surface area (Å²) in [7, 11) is 0. The van der Waals surface area contributed by atoms with Gasteiger partial charge in [-0.15, -0.1) is 0 Å². The SMILES string of the molecule is O=C(c1ccc2c(c1)OCCO2)N1N=C(c2ccccc2)CC1c1ccccc1F. The Hall–Kier alpha value is -3.67. The van der Waals surface area contributed by atoms with E-state index in [0.29, 0.717) is 42.3 Å². The largest absolute Gasteiger partial charge is 0.486 e. The molecule has 0 aromatic heterocycles. The Labute approximate surface area is 173 Å². The second kappa shape index (κ2) is 7.63. The van der Waals surface area contributed by atoms with E-state index in [9.17, 15) is 9.18 Å². The maximum Gasteiger partial charge on any atom is 0.274 e. The standard InChI is InChI=1S/C24H19FN2O3/c25-19-9-5-4-8-18(19)21-15-20(16-6-2-1-3-7-16)26-27(21)24(28)17-10-11-22-23(14-17)30-13-12-29-22/h1-11,14,21H,12-13,15H2. The highest BCUT2D eigenvalue weighted by atomic mass is 19.1. The molecule has 0 aliphatic carbocycles. The first-order chi connectivity index (χ1) is 14.7. The Bertz CT molecular complexity index is 1130. The summed E-state index contributed by atoms with van der Waals surface area (Å²) in [5.41, 5.74) is 2.52. The van der Waals surface area contributed by atoms with Crippen LogP contribution in [0.15, 0.2) is 77.9 Å². The van der Waals surface area contributed by atoms with Gasteiger partial charge in [-0.25, -0.2) is 9.40 Å². The number of fused-ring (bicyclic) bond motifs is 1. The lowest BCUT2D eigenvalue weighted by Crippen LogP contribution is -2.28. The number of hydrogen-bond donors (Lipinski definition) is 0. The first kappa shape index (κ1) is 18.4. The van der Waals surface area contributed by atoms with Crippen LogP contribution in [0.1, 0.15) is 33.9 Å². The molecule has 2 aliphatic rings.